The molecule has 1 unspecified atom stereocenters. The Kier molecular flexibility index (Phi) is 6.89. The highest BCUT2D eigenvalue weighted by Crippen LogP contribution is 2.26. The maximum absolute atomic E-state index is 12.0. The van der Waals surface area contributed by atoms with Gasteiger partial charge in [0.15, 0.2) is 5.96 Å². The van der Waals surface area contributed by atoms with Crippen LogP contribution in [0.5, 0.6) is 0 Å². The minimum atomic E-state index is -0.0432. The normalized spacial score (nSPS) is 21.7. The van der Waals surface area contributed by atoms with E-state index in [-0.39, 0.29) is 5.91 Å². The number of amides is 1. The molecule has 1 amide bonds. The Bertz CT molecular complexity index is 597. The number of aliphatic imine (C=N–C) groups is 1. The van der Waals surface area contributed by atoms with Gasteiger partial charge in [0.1, 0.15) is 0 Å². The van der Waals surface area contributed by atoms with E-state index in [9.17, 15) is 4.79 Å². The summed E-state index contributed by atoms with van der Waals surface area (Å²) in [7, 11) is 1.79. The highest BCUT2D eigenvalue weighted by atomic mass is 16.1. The molecule has 0 bridgehead atoms. The van der Waals surface area contributed by atoms with Crippen molar-refractivity contribution in [2.24, 2.45) is 4.99 Å². The van der Waals surface area contributed by atoms with E-state index in [1.54, 1.807) is 7.05 Å². The zero-order chi connectivity index (χ0) is 18.2. The molecule has 1 heterocycles. The third kappa shape index (κ3) is 5.21. The summed E-state index contributed by atoms with van der Waals surface area (Å²) in [4.78, 5) is 19.0. The van der Waals surface area contributed by atoms with Crippen molar-refractivity contribution in [1.82, 2.24) is 20.9 Å². The van der Waals surface area contributed by atoms with Crippen LogP contribution in [0.2, 0.25) is 0 Å². The van der Waals surface area contributed by atoms with E-state index in [1.165, 1.54) is 38.6 Å². The van der Waals surface area contributed by atoms with E-state index in [1.807, 2.05) is 30.3 Å². The number of benzene rings is 1. The smallest absolute Gasteiger partial charge is 0.251 e. The van der Waals surface area contributed by atoms with Gasteiger partial charge in [-0.3, -0.25) is 14.7 Å². The summed E-state index contributed by atoms with van der Waals surface area (Å²) in [5.74, 6) is 0.774. The second-order valence-corrected chi connectivity index (χ2v) is 7.18. The van der Waals surface area contributed by atoms with Crippen LogP contribution in [0.4, 0.5) is 0 Å². The molecule has 3 rings (SSSR count). The van der Waals surface area contributed by atoms with Crippen molar-refractivity contribution in [3.63, 3.8) is 0 Å². The molecule has 0 radical (unpaired) electrons. The van der Waals surface area contributed by atoms with Crippen LogP contribution in [-0.2, 0) is 0 Å². The molecule has 1 saturated heterocycles. The SMILES string of the molecule is CN=C(NCCNC(=O)c1ccccc1)NC1CCN(C2CCCC2)C1. The monoisotopic (exact) mass is 357 g/mol. The molecular formula is C20H31N5O. The fraction of sp³-hybridized carbons (Fsp3) is 0.600. The molecule has 142 valence electrons. The molecule has 0 spiro atoms. The lowest BCUT2D eigenvalue weighted by atomic mass is 10.2. The van der Waals surface area contributed by atoms with Gasteiger partial charge in [0.2, 0.25) is 0 Å². The molecule has 1 aliphatic heterocycles. The van der Waals surface area contributed by atoms with E-state index >= 15 is 0 Å². The minimum absolute atomic E-state index is 0.0432. The third-order valence-corrected chi connectivity index (χ3v) is 5.36. The predicted molar refractivity (Wildman–Crippen MR) is 106 cm³/mol. The minimum Gasteiger partial charge on any atom is -0.355 e. The first-order chi connectivity index (χ1) is 12.8. The van der Waals surface area contributed by atoms with Gasteiger partial charge in [-0.05, 0) is 31.4 Å². The maximum Gasteiger partial charge on any atom is 0.251 e. The van der Waals surface area contributed by atoms with Crippen LogP contribution < -0.4 is 16.0 Å². The standard InChI is InChI=1S/C20H31N5O/c1-21-20(23-13-12-22-19(26)16-7-3-2-4-8-16)24-17-11-14-25(15-17)18-9-5-6-10-18/h2-4,7-8,17-18H,5-6,9-15H2,1H3,(H,22,26)(H2,21,23,24). The topological polar surface area (TPSA) is 68.8 Å². The molecular weight excluding hydrogens is 326 g/mol. The highest BCUT2D eigenvalue weighted by molar-refractivity contribution is 5.94. The zero-order valence-electron chi connectivity index (χ0n) is 15.7. The summed E-state index contributed by atoms with van der Waals surface area (Å²) in [6, 6.07) is 10.5. The van der Waals surface area contributed by atoms with E-state index in [4.69, 9.17) is 0 Å². The second kappa shape index (κ2) is 9.57. The van der Waals surface area contributed by atoms with Crippen LogP contribution in [0.15, 0.2) is 35.3 Å². The van der Waals surface area contributed by atoms with Gasteiger partial charge in [-0.2, -0.15) is 0 Å². The lowest BCUT2D eigenvalue weighted by Crippen LogP contribution is -2.47. The Balaban J connectivity index is 1.34. The van der Waals surface area contributed by atoms with Gasteiger partial charge >= 0.3 is 0 Å². The van der Waals surface area contributed by atoms with Crippen molar-refractivity contribution in [3.05, 3.63) is 35.9 Å². The number of rotatable bonds is 6. The van der Waals surface area contributed by atoms with Gasteiger partial charge in [0.05, 0.1) is 0 Å². The van der Waals surface area contributed by atoms with E-state index in [0.717, 1.165) is 18.5 Å². The van der Waals surface area contributed by atoms with Crippen molar-refractivity contribution >= 4 is 11.9 Å². The zero-order valence-corrected chi connectivity index (χ0v) is 15.7. The van der Waals surface area contributed by atoms with Gasteiger partial charge in [-0.25, -0.2) is 0 Å². The van der Waals surface area contributed by atoms with Crippen molar-refractivity contribution in [2.75, 3.05) is 33.2 Å². The fourth-order valence-electron chi connectivity index (χ4n) is 3.94. The summed E-state index contributed by atoms with van der Waals surface area (Å²) >= 11 is 0. The van der Waals surface area contributed by atoms with Crippen LogP contribution >= 0.6 is 0 Å². The van der Waals surface area contributed by atoms with Gasteiger partial charge in [-0.15, -0.1) is 0 Å². The molecule has 2 fully saturated rings. The van der Waals surface area contributed by atoms with Crippen molar-refractivity contribution < 1.29 is 4.79 Å². The largest absolute Gasteiger partial charge is 0.355 e. The number of guanidine groups is 1. The fourth-order valence-corrected chi connectivity index (χ4v) is 3.94. The molecule has 1 aliphatic carbocycles. The molecule has 1 aromatic carbocycles. The predicted octanol–water partition coefficient (Wildman–Crippen LogP) is 1.60. The molecule has 1 aromatic rings. The van der Waals surface area contributed by atoms with Crippen LogP contribution in [-0.4, -0.2) is 62.1 Å². The summed E-state index contributed by atoms with van der Waals surface area (Å²) in [6.45, 7) is 3.51. The van der Waals surface area contributed by atoms with Gasteiger partial charge in [0.25, 0.3) is 5.91 Å². The molecule has 1 atom stereocenters. The van der Waals surface area contributed by atoms with Gasteiger partial charge in [0, 0.05) is 50.9 Å². The highest BCUT2D eigenvalue weighted by Gasteiger charge is 2.30. The Morgan fingerprint density at radius 1 is 1.12 bits per heavy atom. The number of hydrogen-bond acceptors (Lipinski definition) is 3. The van der Waals surface area contributed by atoms with Crippen LogP contribution in [0.1, 0.15) is 42.5 Å². The summed E-state index contributed by atoms with van der Waals surface area (Å²) < 4.78 is 0. The number of carbonyl (C=O) groups is 1. The second-order valence-electron chi connectivity index (χ2n) is 7.18. The molecule has 1 saturated carbocycles. The molecule has 3 N–H and O–H groups in total. The Hall–Kier alpha value is -2.08. The first kappa shape index (κ1) is 18.7. The van der Waals surface area contributed by atoms with Crippen molar-refractivity contribution in [2.45, 2.75) is 44.2 Å². The lowest BCUT2D eigenvalue weighted by Gasteiger charge is -2.24. The van der Waals surface area contributed by atoms with Gasteiger partial charge < -0.3 is 16.0 Å². The van der Waals surface area contributed by atoms with E-state index in [0.29, 0.717) is 24.7 Å². The number of likely N-dealkylation sites (tertiary alicyclic amines) is 1. The lowest BCUT2D eigenvalue weighted by molar-refractivity contribution is 0.0954. The number of nitrogens with zero attached hydrogens (tertiary/aromatic N) is 2. The average molecular weight is 358 g/mol. The Labute approximate surface area is 156 Å². The average Bonchev–Trinajstić information content (AvgIpc) is 3.36. The first-order valence-electron chi connectivity index (χ1n) is 9.81. The number of nitrogens with one attached hydrogen (secondary N) is 3. The maximum atomic E-state index is 12.0. The summed E-state index contributed by atoms with van der Waals surface area (Å²) in [6.07, 6.45) is 6.66. The summed E-state index contributed by atoms with van der Waals surface area (Å²) in [5.41, 5.74) is 0.688. The first-order valence-corrected chi connectivity index (χ1v) is 9.81. The molecule has 6 heteroatoms. The van der Waals surface area contributed by atoms with Gasteiger partial charge in [-0.1, -0.05) is 31.0 Å². The quantitative estimate of drug-likeness (QED) is 0.411. The summed E-state index contributed by atoms with van der Waals surface area (Å²) in [5, 5.41) is 9.74. The molecule has 6 nitrogen and oxygen atoms in total. The van der Waals surface area contributed by atoms with Crippen LogP contribution in [0.25, 0.3) is 0 Å². The molecule has 0 aromatic heterocycles. The number of carbonyl (C=O) groups excluding carboxylic acids is 1. The van der Waals surface area contributed by atoms with E-state index < -0.39 is 0 Å². The third-order valence-electron chi connectivity index (χ3n) is 5.36. The van der Waals surface area contributed by atoms with Crippen molar-refractivity contribution in [3.8, 4) is 0 Å². The number of hydrogen-bond donors (Lipinski definition) is 3. The Morgan fingerprint density at radius 2 is 1.85 bits per heavy atom. The molecule has 26 heavy (non-hydrogen) atoms. The Morgan fingerprint density at radius 3 is 2.58 bits per heavy atom. The van der Waals surface area contributed by atoms with E-state index in [2.05, 4.69) is 25.8 Å². The van der Waals surface area contributed by atoms with Crippen LogP contribution in [0, 0.1) is 0 Å². The van der Waals surface area contributed by atoms with Crippen molar-refractivity contribution in [1.29, 1.82) is 0 Å². The molecule has 2 aliphatic rings. The van der Waals surface area contributed by atoms with Crippen LogP contribution in [0.3, 0.4) is 0 Å².